The highest BCUT2D eigenvalue weighted by molar-refractivity contribution is 7.65. The molecule has 8 heteroatoms. The Morgan fingerprint density at radius 2 is 1.50 bits per heavy atom. The molecule has 1 unspecified atom stereocenters. The van der Waals surface area contributed by atoms with Gasteiger partial charge in [-0.05, 0) is 21.0 Å². The second kappa shape index (κ2) is 7.43. The fourth-order valence-electron chi connectivity index (χ4n) is 1.17. The number of aryl methyl sites for hydroxylation is 1. The Morgan fingerprint density at radius 1 is 1.11 bits per heavy atom. The molecule has 102 valence electrons. The van der Waals surface area contributed by atoms with Crippen molar-refractivity contribution in [3.8, 4) is 0 Å². The maximum absolute atomic E-state index is 10.8. The summed E-state index contributed by atoms with van der Waals surface area (Å²) < 4.78 is 49.8. The van der Waals surface area contributed by atoms with Crippen LogP contribution in [0.5, 0.6) is 0 Å². The maximum Gasteiger partial charge on any atom is 0.673 e. The van der Waals surface area contributed by atoms with Crippen LogP contribution in [0.25, 0.3) is 0 Å². The molecule has 0 bridgehead atoms. The second-order valence-corrected chi connectivity index (χ2v) is 4.46. The normalized spacial score (nSPS) is 12.7. The van der Waals surface area contributed by atoms with E-state index in [0.29, 0.717) is 11.7 Å². The molecule has 0 aliphatic carbocycles. The van der Waals surface area contributed by atoms with Gasteiger partial charge in [0.1, 0.15) is 0 Å². The summed E-state index contributed by atoms with van der Waals surface area (Å²) in [4.78, 5) is 1.92. The van der Waals surface area contributed by atoms with E-state index in [1.807, 2.05) is 50.2 Å². The molecule has 0 heterocycles. The first-order valence-electron chi connectivity index (χ1n) is 5.04. The third-order valence-electron chi connectivity index (χ3n) is 1.92. The van der Waals surface area contributed by atoms with Gasteiger partial charge in [-0.15, -0.1) is 0 Å². The molecule has 2 nitrogen and oxygen atoms in total. The first-order valence-corrected chi connectivity index (χ1v) is 5.84. The lowest BCUT2D eigenvalue weighted by Gasteiger charge is -2.08. The van der Waals surface area contributed by atoms with Crippen LogP contribution in [0.15, 0.2) is 24.3 Å². The summed E-state index contributed by atoms with van der Waals surface area (Å²) in [6.07, 6.45) is 0. The Kier molecular flexibility index (Phi) is 7.01. The summed E-state index contributed by atoms with van der Waals surface area (Å²) in [6, 6.07) is 8.07. The third-order valence-corrected chi connectivity index (χ3v) is 2.80. The van der Waals surface area contributed by atoms with Gasteiger partial charge in [0.05, 0.1) is 0 Å². The quantitative estimate of drug-likeness (QED) is 0.367. The smallest absolute Gasteiger partial charge is 0.418 e. The molecular weight excluding hydrogens is 269 g/mol. The van der Waals surface area contributed by atoms with Gasteiger partial charge in [-0.25, -0.2) is 4.90 Å². The van der Waals surface area contributed by atoms with Crippen molar-refractivity contribution in [2.45, 2.75) is 12.3 Å². The minimum atomic E-state index is -6.00. The van der Waals surface area contributed by atoms with Gasteiger partial charge in [-0.3, -0.25) is 0 Å². The summed E-state index contributed by atoms with van der Waals surface area (Å²) in [5, 5.41) is -0.0828. The minimum absolute atomic E-state index is 0.0828. The van der Waals surface area contributed by atoms with Crippen molar-refractivity contribution in [2.24, 2.45) is 0 Å². The molecule has 0 aromatic heterocycles. The van der Waals surface area contributed by atoms with Crippen LogP contribution in [0.4, 0.5) is 17.3 Å². The first-order chi connectivity index (χ1) is 8.15. The zero-order valence-electron chi connectivity index (χ0n) is 10.2. The minimum Gasteiger partial charge on any atom is -0.418 e. The number of benzene rings is 1. The number of nitrogens with zero attached hydrogens (tertiary/aromatic N) is 1. The van der Waals surface area contributed by atoms with E-state index >= 15 is 0 Å². The van der Waals surface area contributed by atoms with Crippen molar-refractivity contribution >= 4 is 18.9 Å². The number of hydrogen-bond acceptors (Lipinski definition) is 2. The van der Waals surface area contributed by atoms with Crippen LogP contribution in [-0.4, -0.2) is 26.2 Å². The van der Waals surface area contributed by atoms with Crippen LogP contribution in [0.3, 0.4) is 0 Å². The monoisotopic (exact) mass is 283 g/mol. The summed E-state index contributed by atoms with van der Waals surface area (Å²) in [5.41, 5.74) is 2.28. The van der Waals surface area contributed by atoms with E-state index < -0.39 is 7.25 Å². The van der Waals surface area contributed by atoms with Gasteiger partial charge >= 0.3 is 24.3 Å². The third kappa shape index (κ3) is 8.13. The van der Waals surface area contributed by atoms with Gasteiger partial charge in [-0.1, -0.05) is 29.8 Å². The topological polar surface area (TPSA) is 20.3 Å². The molecule has 1 aromatic rings. The Hall–Kier alpha value is -1.02. The SMILES string of the molecule is Cc1ccc(C([S+]=O)N(C)C)cc1.F[B-](F)(F)F. The van der Waals surface area contributed by atoms with Crippen LogP contribution in [0.2, 0.25) is 0 Å². The molecule has 0 fully saturated rings. The Bertz CT molecular complexity index is 363. The van der Waals surface area contributed by atoms with Gasteiger partial charge < -0.3 is 17.3 Å². The molecule has 0 aliphatic rings. The van der Waals surface area contributed by atoms with E-state index in [9.17, 15) is 21.5 Å². The molecule has 0 spiro atoms. The Balaban J connectivity index is 0.000000494. The highest BCUT2D eigenvalue weighted by Crippen LogP contribution is 2.17. The van der Waals surface area contributed by atoms with E-state index in [1.165, 1.54) is 5.56 Å². The molecular formula is C10H14BF4NOS. The fourth-order valence-corrected chi connectivity index (χ4v) is 1.61. The van der Waals surface area contributed by atoms with Crippen molar-refractivity contribution < 1.29 is 21.5 Å². The highest BCUT2D eigenvalue weighted by Gasteiger charge is 2.26. The fraction of sp³-hybridized carbons (Fsp3) is 0.400. The number of halogens is 4. The van der Waals surface area contributed by atoms with Crippen LogP contribution in [-0.2, 0) is 15.9 Å². The summed E-state index contributed by atoms with van der Waals surface area (Å²) in [7, 11) is -2.18. The second-order valence-electron chi connectivity index (χ2n) is 3.82. The van der Waals surface area contributed by atoms with Crippen molar-refractivity contribution in [3.63, 3.8) is 0 Å². The average molecular weight is 283 g/mol. The first kappa shape index (κ1) is 17.0. The lowest BCUT2D eigenvalue weighted by Crippen LogP contribution is -2.18. The van der Waals surface area contributed by atoms with Crippen molar-refractivity contribution in [3.05, 3.63) is 35.4 Å². The lowest BCUT2D eigenvalue weighted by atomic mass is 10.1. The molecule has 1 rings (SSSR count). The average Bonchev–Trinajstić information content (AvgIpc) is 2.19. The van der Waals surface area contributed by atoms with Crippen molar-refractivity contribution in [1.82, 2.24) is 4.90 Å². The summed E-state index contributed by atoms with van der Waals surface area (Å²) >= 11 is 0.613. The maximum atomic E-state index is 10.8. The van der Waals surface area contributed by atoms with Crippen LogP contribution in [0, 0.1) is 6.92 Å². The summed E-state index contributed by atoms with van der Waals surface area (Å²) in [6.45, 7) is 2.04. The Morgan fingerprint density at radius 3 is 1.78 bits per heavy atom. The molecule has 1 atom stereocenters. The molecule has 0 amide bonds. The highest BCUT2D eigenvalue weighted by atomic mass is 32.1. The van der Waals surface area contributed by atoms with E-state index in [0.717, 1.165) is 5.56 Å². The molecule has 18 heavy (non-hydrogen) atoms. The van der Waals surface area contributed by atoms with E-state index in [4.69, 9.17) is 0 Å². The van der Waals surface area contributed by atoms with Gasteiger partial charge in [0.2, 0.25) is 0 Å². The van der Waals surface area contributed by atoms with Crippen molar-refractivity contribution in [2.75, 3.05) is 14.1 Å². The van der Waals surface area contributed by atoms with Crippen LogP contribution < -0.4 is 0 Å². The summed E-state index contributed by atoms with van der Waals surface area (Å²) in [5.74, 6) is 0. The van der Waals surface area contributed by atoms with Gasteiger partial charge in [0.15, 0.2) is 0 Å². The lowest BCUT2D eigenvalue weighted by molar-refractivity contribution is 0.368. The molecule has 0 saturated heterocycles. The zero-order valence-corrected chi connectivity index (χ0v) is 11.1. The number of hydrogen-bond donors (Lipinski definition) is 0. The standard InChI is InChI=1S/C10H14NOS.BF4/c1-8-4-6-9(7-5-8)10(13-12)11(2)3;2-1(3,4)5/h4-7,10H,1-3H3;/q+1;-1. The molecule has 0 radical (unpaired) electrons. The zero-order chi connectivity index (χ0) is 14.3. The molecule has 1 aromatic carbocycles. The predicted octanol–water partition coefficient (Wildman–Crippen LogP) is 3.28. The van der Waals surface area contributed by atoms with E-state index in [2.05, 4.69) is 0 Å². The molecule has 0 N–H and O–H groups in total. The van der Waals surface area contributed by atoms with E-state index in [-0.39, 0.29) is 5.37 Å². The predicted molar refractivity (Wildman–Crippen MR) is 65.8 cm³/mol. The van der Waals surface area contributed by atoms with Gasteiger partial charge in [-0.2, -0.15) is 0 Å². The van der Waals surface area contributed by atoms with Crippen LogP contribution >= 0.6 is 0 Å². The number of rotatable bonds is 3. The Labute approximate surface area is 108 Å². The van der Waals surface area contributed by atoms with Crippen molar-refractivity contribution in [1.29, 1.82) is 0 Å². The molecule has 0 saturated carbocycles. The van der Waals surface area contributed by atoms with Crippen LogP contribution in [0.1, 0.15) is 16.5 Å². The molecule has 0 aliphatic heterocycles. The largest absolute Gasteiger partial charge is 0.673 e. The van der Waals surface area contributed by atoms with Gasteiger partial charge in [0, 0.05) is 9.77 Å². The van der Waals surface area contributed by atoms with E-state index in [1.54, 1.807) is 0 Å². The van der Waals surface area contributed by atoms with Gasteiger partial charge in [0.25, 0.3) is 0 Å².